The highest BCUT2D eigenvalue weighted by Gasteiger charge is 2.31. The van der Waals surface area contributed by atoms with Gasteiger partial charge in [-0.3, -0.25) is 9.48 Å². The van der Waals surface area contributed by atoms with Crippen LogP contribution in [-0.4, -0.2) is 15.6 Å². The quantitative estimate of drug-likeness (QED) is 0.527. The van der Waals surface area contributed by atoms with E-state index in [1.54, 1.807) is 6.20 Å². The first kappa shape index (κ1) is 11.2. The number of nitrogens with zero attached hydrogens (tertiary/aromatic N) is 2. The fraction of sp³-hybridized carbons (Fsp3) is 0.0588. The van der Waals surface area contributed by atoms with Gasteiger partial charge in [0, 0.05) is 23.5 Å². The maximum atomic E-state index is 12.6. The second-order valence-corrected chi connectivity index (χ2v) is 4.89. The molecule has 2 aromatic carbocycles. The maximum Gasteiger partial charge on any atom is 0.193 e. The van der Waals surface area contributed by atoms with Crippen molar-refractivity contribution in [2.24, 2.45) is 0 Å². The van der Waals surface area contributed by atoms with Crippen molar-refractivity contribution in [1.29, 1.82) is 0 Å². The minimum absolute atomic E-state index is 0.0323. The van der Waals surface area contributed by atoms with Gasteiger partial charge in [-0.05, 0) is 17.2 Å². The van der Waals surface area contributed by atoms with E-state index in [9.17, 15) is 4.79 Å². The zero-order valence-electron chi connectivity index (χ0n) is 10.7. The van der Waals surface area contributed by atoms with Crippen molar-refractivity contribution in [3.63, 3.8) is 0 Å². The van der Waals surface area contributed by atoms with E-state index in [4.69, 9.17) is 0 Å². The van der Waals surface area contributed by atoms with Crippen LogP contribution in [0.4, 0.5) is 0 Å². The van der Waals surface area contributed by atoms with Gasteiger partial charge < -0.3 is 0 Å². The third-order valence-corrected chi connectivity index (χ3v) is 3.79. The Morgan fingerprint density at radius 1 is 0.850 bits per heavy atom. The molecule has 0 saturated heterocycles. The summed E-state index contributed by atoms with van der Waals surface area (Å²) in [6.07, 6.45) is 3.70. The molecule has 0 fully saturated rings. The number of hydrogen-bond donors (Lipinski definition) is 0. The van der Waals surface area contributed by atoms with Gasteiger partial charge in [-0.25, -0.2) is 0 Å². The minimum atomic E-state index is -0.0323. The number of rotatable bonds is 1. The van der Waals surface area contributed by atoms with E-state index in [1.165, 1.54) is 0 Å². The number of carbonyl (C=O) groups excluding carboxylic acids is 1. The molecule has 1 aromatic heterocycles. The molecule has 1 aliphatic carbocycles. The van der Waals surface area contributed by atoms with Crippen molar-refractivity contribution in [2.75, 3.05) is 0 Å². The molecule has 0 amide bonds. The SMILES string of the molecule is O=C1c2ccccc2C(n2cccn2)c2ccccc21. The summed E-state index contributed by atoms with van der Waals surface area (Å²) in [5.41, 5.74) is 3.57. The van der Waals surface area contributed by atoms with Crippen LogP contribution in [-0.2, 0) is 0 Å². The third-order valence-electron chi connectivity index (χ3n) is 3.79. The maximum absolute atomic E-state index is 12.6. The Hall–Kier alpha value is -2.68. The van der Waals surface area contributed by atoms with E-state index in [0.717, 1.165) is 22.3 Å². The molecule has 0 saturated carbocycles. The molecular formula is C17H12N2O. The minimum Gasteiger partial charge on any atom is -0.289 e. The predicted octanol–water partition coefficient (Wildman–Crippen LogP) is 3.07. The molecule has 0 spiro atoms. The smallest absolute Gasteiger partial charge is 0.193 e. The van der Waals surface area contributed by atoms with E-state index in [0.29, 0.717) is 0 Å². The topological polar surface area (TPSA) is 34.9 Å². The van der Waals surface area contributed by atoms with E-state index >= 15 is 0 Å². The number of hydrogen-bond acceptors (Lipinski definition) is 2. The summed E-state index contributed by atoms with van der Waals surface area (Å²) in [6, 6.07) is 17.4. The van der Waals surface area contributed by atoms with Crippen molar-refractivity contribution in [1.82, 2.24) is 9.78 Å². The summed E-state index contributed by atoms with van der Waals surface area (Å²) in [6.45, 7) is 0. The van der Waals surface area contributed by atoms with Crippen LogP contribution in [0.15, 0.2) is 67.0 Å². The van der Waals surface area contributed by atoms with Crippen LogP contribution in [0.2, 0.25) is 0 Å². The highest BCUT2D eigenvalue weighted by molar-refractivity contribution is 6.12. The van der Waals surface area contributed by atoms with Crippen LogP contribution in [0.5, 0.6) is 0 Å². The van der Waals surface area contributed by atoms with Crippen LogP contribution < -0.4 is 0 Å². The fourth-order valence-corrected chi connectivity index (χ4v) is 2.92. The Balaban J connectivity index is 2.04. The number of aromatic nitrogens is 2. The molecule has 0 N–H and O–H groups in total. The summed E-state index contributed by atoms with van der Waals surface area (Å²) in [7, 11) is 0. The number of benzene rings is 2. The van der Waals surface area contributed by atoms with Gasteiger partial charge in [-0.15, -0.1) is 0 Å². The zero-order chi connectivity index (χ0) is 13.5. The highest BCUT2D eigenvalue weighted by Crippen LogP contribution is 2.36. The molecule has 3 aromatic rings. The number of carbonyl (C=O) groups is 1. The van der Waals surface area contributed by atoms with Gasteiger partial charge in [0.05, 0.1) is 0 Å². The molecule has 4 rings (SSSR count). The standard InChI is InChI=1S/C17H12N2O/c20-17-14-8-3-1-6-12(14)16(19-11-5-10-18-19)13-7-2-4-9-15(13)17/h1-11,16H. The normalized spacial score (nSPS) is 13.9. The molecule has 20 heavy (non-hydrogen) atoms. The van der Waals surface area contributed by atoms with Crippen LogP contribution in [0.3, 0.4) is 0 Å². The van der Waals surface area contributed by atoms with E-state index in [2.05, 4.69) is 5.10 Å². The van der Waals surface area contributed by atoms with E-state index in [1.807, 2.05) is 65.5 Å². The predicted molar refractivity (Wildman–Crippen MR) is 75.8 cm³/mol. The Bertz CT molecular complexity index is 741. The monoisotopic (exact) mass is 260 g/mol. The number of ketones is 1. The summed E-state index contributed by atoms with van der Waals surface area (Å²) in [5.74, 6) is 0.0969. The number of fused-ring (bicyclic) bond motifs is 2. The Labute approximate surface area is 116 Å². The summed E-state index contributed by atoms with van der Waals surface area (Å²) < 4.78 is 1.91. The molecule has 1 heterocycles. The van der Waals surface area contributed by atoms with Crippen molar-refractivity contribution < 1.29 is 4.79 Å². The van der Waals surface area contributed by atoms with Gasteiger partial charge in [-0.1, -0.05) is 48.5 Å². The second kappa shape index (κ2) is 4.17. The summed E-state index contributed by atoms with van der Waals surface area (Å²) in [4.78, 5) is 12.6. The molecule has 0 atom stereocenters. The van der Waals surface area contributed by atoms with Gasteiger partial charge in [0.2, 0.25) is 0 Å². The van der Waals surface area contributed by atoms with Crippen LogP contribution in [0.1, 0.15) is 33.1 Å². The molecular weight excluding hydrogens is 248 g/mol. The van der Waals surface area contributed by atoms with Crippen LogP contribution in [0.25, 0.3) is 0 Å². The molecule has 0 bridgehead atoms. The lowest BCUT2D eigenvalue weighted by Crippen LogP contribution is -2.24. The van der Waals surface area contributed by atoms with Crippen LogP contribution >= 0.6 is 0 Å². The Kier molecular flexibility index (Phi) is 2.33. The van der Waals surface area contributed by atoms with Gasteiger partial charge in [0.1, 0.15) is 6.04 Å². The lowest BCUT2D eigenvalue weighted by Gasteiger charge is -2.27. The van der Waals surface area contributed by atoms with Crippen LogP contribution in [0, 0.1) is 0 Å². The molecule has 0 aliphatic heterocycles. The van der Waals surface area contributed by atoms with Crippen molar-refractivity contribution in [2.45, 2.75) is 6.04 Å². The van der Waals surface area contributed by atoms with Gasteiger partial charge in [0.15, 0.2) is 5.78 Å². The largest absolute Gasteiger partial charge is 0.289 e. The lowest BCUT2D eigenvalue weighted by atomic mass is 9.81. The lowest BCUT2D eigenvalue weighted by molar-refractivity contribution is 0.103. The van der Waals surface area contributed by atoms with E-state index < -0.39 is 0 Å². The van der Waals surface area contributed by atoms with Gasteiger partial charge >= 0.3 is 0 Å². The summed E-state index contributed by atoms with van der Waals surface area (Å²) in [5, 5.41) is 4.37. The Morgan fingerprint density at radius 2 is 1.45 bits per heavy atom. The third kappa shape index (κ3) is 1.46. The second-order valence-electron chi connectivity index (χ2n) is 4.89. The first-order valence-electron chi connectivity index (χ1n) is 6.58. The van der Waals surface area contributed by atoms with Crippen molar-refractivity contribution in [3.05, 3.63) is 89.2 Å². The Morgan fingerprint density at radius 3 is 2.00 bits per heavy atom. The molecule has 0 radical (unpaired) electrons. The average molecular weight is 260 g/mol. The first-order valence-corrected chi connectivity index (χ1v) is 6.58. The molecule has 3 heteroatoms. The van der Waals surface area contributed by atoms with Crippen molar-refractivity contribution in [3.8, 4) is 0 Å². The molecule has 96 valence electrons. The van der Waals surface area contributed by atoms with Gasteiger partial charge in [0.25, 0.3) is 0 Å². The highest BCUT2D eigenvalue weighted by atomic mass is 16.1. The van der Waals surface area contributed by atoms with E-state index in [-0.39, 0.29) is 11.8 Å². The van der Waals surface area contributed by atoms with Crippen molar-refractivity contribution >= 4 is 5.78 Å². The molecule has 0 unspecified atom stereocenters. The first-order chi connectivity index (χ1) is 9.86. The average Bonchev–Trinajstić information content (AvgIpc) is 3.02. The van der Waals surface area contributed by atoms with Gasteiger partial charge in [-0.2, -0.15) is 5.10 Å². The fourth-order valence-electron chi connectivity index (χ4n) is 2.92. The molecule has 3 nitrogen and oxygen atoms in total. The zero-order valence-corrected chi connectivity index (χ0v) is 10.7. The summed E-state index contributed by atoms with van der Waals surface area (Å²) >= 11 is 0. The molecule has 1 aliphatic rings.